The number of nitrogens with one attached hydrogen (secondary N) is 1. The van der Waals surface area contributed by atoms with Crippen molar-refractivity contribution in [3.8, 4) is 0 Å². The molecule has 1 aromatic carbocycles. The van der Waals surface area contributed by atoms with E-state index >= 15 is 0 Å². The molecule has 0 heterocycles. The predicted octanol–water partition coefficient (Wildman–Crippen LogP) is 3.15. The first-order chi connectivity index (χ1) is 9.07. The second kappa shape index (κ2) is 8.34. The smallest absolute Gasteiger partial charge is 0.000312 e. The van der Waals surface area contributed by atoms with Gasteiger partial charge in [-0.3, -0.25) is 0 Å². The molecule has 1 aromatic rings. The van der Waals surface area contributed by atoms with Crippen LogP contribution in [-0.2, 0) is 12.8 Å². The molecule has 2 heteroatoms. The number of aryl methyl sites for hydroxylation is 1. The average molecular weight is 262 g/mol. The molecule has 108 valence electrons. The van der Waals surface area contributed by atoms with Crippen molar-refractivity contribution in [2.24, 2.45) is 11.1 Å². The van der Waals surface area contributed by atoms with E-state index in [9.17, 15) is 0 Å². The molecule has 0 bridgehead atoms. The molecule has 3 N–H and O–H groups in total. The Kier molecular flexibility index (Phi) is 7.11. The fraction of sp³-hybridized carbons (Fsp3) is 0.647. The van der Waals surface area contributed by atoms with Crippen molar-refractivity contribution in [2.75, 3.05) is 19.6 Å². The van der Waals surface area contributed by atoms with Crippen LogP contribution in [0.1, 0.15) is 44.7 Å². The molecule has 0 aliphatic rings. The number of hydrogen-bond acceptors (Lipinski definition) is 2. The zero-order valence-corrected chi connectivity index (χ0v) is 12.8. The van der Waals surface area contributed by atoms with Gasteiger partial charge in [0.05, 0.1) is 0 Å². The summed E-state index contributed by atoms with van der Waals surface area (Å²) < 4.78 is 0. The van der Waals surface area contributed by atoms with Crippen LogP contribution >= 0.6 is 0 Å². The van der Waals surface area contributed by atoms with Crippen molar-refractivity contribution in [3.63, 3.8) is 0 Å². The van der Waals surface area contributed by atoms with Crippen LogP contribution in [-0.4, -0.2) is 19.6 Å². The molecule has 0 aliphatic carbocycles. The molecule has 0 amide bonds. The SMILES string of the molecule is CCCc1ccc(CCNCC(C)(C)CCN)cc1. The van der Waals surface area contributed by atoms with Gasteiger partial charge in [-0.25, -0.2) is 0 Å². The lowest BCUT2D eigenvalue weighted by atomic mass is 9.89. The van der Waals surface area contributed by atoms with Crippen LogP contribution in [0.5, 0.6) is 0 Å². The molecule has 0 aromatic heterocycles. The molecular formula is C17H30N2. The minimum atomic E-state index is 0.305. The molecule has 0 aliphatic heterocycles. The van der Waals surface area contributed by atoms with Gasteiger partial charge in [0, 0.05) is 6.54 Å². The molecule has 0 fully saturated rings. The Labute approximate surface area is 118 Å². The minimum Gasteiger partial charge on any atom is -0.330 e. The van der Waals surface area contributed by atoms with E-state index < -0.39 is 0 Å². The Bertz CT molecular complexity index is 341. The Morgan fingerprint density at radius 2 is 1.63 bits per heavy atom. The number of hydrogen-bond donors (Lipinski definition) is 2. The highest BCUT2D eigenvalue weighted by Crippen LogP contribution is 2.17. The van der Waals surface area contributed by atoms with Crippen molar-refractivity contribution >= 4 is 0 Å². The van der Waals surface area contributed by atoms with Crippen molar-refractivity contribution in [3.05, 3.63) is 35.4 Å². The van der Waals surface area contributed by atoms with Crippen LogP contribution in [0.4, 0.5) is 0 Å². The van der Waals surface area contributed by atoms with Gasteiger partial charge in [0.15, 0.2) is 0 Å². The van der Waals surface area contributed by atoms with E-state index in [-0.39, 0.29) is 0 Å². The topological polar surface area (TPSA) is 38.0 Å². The third-order valence-electron chi connectivity index (χ3n) is 3.58. The van der Waals surface area contributed by atoms with Gasteiger partial charge in [0.25, 0.3) is 0 Å². The molecule has 0 atom stereocenters. The van der Waals surface area contributed by atoms with E-state index in [0.29, 0.717) is 5.41 Å². The monoisotopic (exact) mass is 262 g/mol. The van der Waals surface area contributed by atoms with Crippen LogP contribution < -0.4 is 11.1 Å². The highest BCUT2D eigenvalue weighted by molar-refractivity contribution is 5.22. The summed E-state index contributed by atoms with van der Waals surface area (Å²) in [7, 11) is 0. The highest BCUT2D eigenvalue weighted by Gasteiger charge is 2.15. The maximum atomic E-state index is 5.62. The van der Waals surface area contributed by atoms with Gasteiger partial charge in [-0.05, 0) is 48.9 Å². The van der Waals surface area contributed by atoms with Gasteiger partial charge in [-0.2, -0.15) is 0 Å². The molecule has 19 heavy (non-hydrogen) atoms. The van der Waals surface area contributed by atoms with Gasteiger partial charge in [-0.15, -0.1) is 0 Å². The summed E-state index contributed by atoms with van der Waals surface area (Å²) in [5.74, 6) is 0. The van der Waals surface area contributed by atoms with Crippen LogP contribution in [0, 0.1) is 5.41 Å². The molecule has 2 nitrogen and oxygen atoms in total. The van der Waals surface area contributed by atoms with Crippen LogP contribution in [0.15, 0.2) is 24.3 Å². The third kappa shape index (κ3) is 6.74. The lowest BCUT2D eigenvalue weighted by molar-refractivity contribution is 0.321. The second-order valence-corrected chi connectivity index (χ2v) is 6.20. The molecule has 0 saturated carbocycles. The van der Waals surface area contributed by atoms with Gasteiger partial charge in [0.1, 0.15) is 0 Å². The molecule has 1 rings (SSSR count). The lowest BCUT2D eigenvalue weighted by Crippen LogP contribution is -2.32. The van der Waals surface area contributed by atoms with E-state index in [4.69, 9.17) is 5.73 Å². The first kappa shape index (κ1) is 16.2. The molecule has 0 unspecified atom stereocenters. The molecule has 0 spiro atoms. The number of nitrogens with two attached hydrogens (primary N) is 1. The summed E-state index contributed by atoms with van der Waals surface area (Å²) in [5, 5.41) is 3.54. The average Bonchev–Trinajstić information content (AvgIpc) is 2.37. The van der Waals surface area contributed by atoms with E-state index in [1.165, 1.54) is 24.0 Å². The third-order valence-corrected chi connectivity index (χ3v) is 3.58. The maximum absolute atomic E-state index is 5.62. The summed E-state index contributed by atoms with van der Waals surface area (Å²) in [6.07, 6.45) is 4.58. The largest absolute Gasteiger partial charge is 0.330 e. The second-order valence-electron chi connectivity index (χ2n) is 6.20. The van der Waals surface area contributed by atoms with E-state index in [2.05, 4.69) is 50.4 Å². The van der Waals surface area contributed by atoms with Gasteiger partial charge < -0.3 is 11.1 Å². The van der Waals surface area contributed by atoms with Gasteiger partial charge in [0.2, 0.25) is 0 Å². The number of benzene rings is 1. The standard InChI is InChI=1S/C17H30N2/c1-4-5-15-6-8-16(9-7-15)10-13-19-14-17(2,3)11-12-18/h6-9,19H,4-5,10-14,18H2,1-3H3. The zero-order valence-electron chi connectivity index (χ0n) is 12.8. The van der Waals surface area contributed by atoms with Crippen molar-refractivity contribution in [1.82, 2.24) is 5.32 Å². The Hall–Kier alpha value is -0.860. The van der Waals surface area contributed by atoms with E-state index in [1.807, 2.05) is 0 Å². The Balaban J connectivity index is 2.25. The maximum Gasteiger partial charge on any atom is 0.000312 e. The summed E-state index contributed by atoms with van der Waals surface area (Å²) in [5.41, 5.74) is 8.79. The molecule has 0 saturated heterocycles. The summed E-state index contributed by atoms with van der Waals surface area (Å²) in [6.45, 7) is 9.62. The normalized spacial score (nSPS) is 11.8. The van der Waals surface area contributed by atoms with E-state index in [0.717, 1.165) is 32.5 Å². The van der Waals surface area contributed by atoms with Crippen LogP contribution in [0.2, 0.25) is 0 Å². The lowest BCUT2D eigenvalue weighted by Gasteiger charge is -2.24. The summed E-state index contributed by atoms with van der Waals surface area (Å²) >= 11 is 0. The predicted molar refractivity (Wildman–Crippen MR) is 84.5 cm³/mol. The first-order valence-corrected chi connectivity index (χ1v) is 7.56. The van der Waals surface area contributed by atoms with Gasteiger partial charge >= 0.3 is 0 Å². The fourth-order valence-electron chi connectivity index (χ4n) is 2.30. The molecular weight excluding hydrogens is 232 g/mol. The number of rotatable bonds is 9. The van der Waals surface area contributed by atoms with Crippen LogP contribution in [0.3, 0.4) is 0 Å². The minimum absolute atomic E-state index is 0.305. The molecule has 0 radical (unpaired) electrons. The zero-order chi connectivity index (χ0) is 14.1. The first-order valence-electron chi connectivity index (χ1n) is 7.56. The Morgan fingerprint density at radius 1 is 1.05 bits per heavy atom. The summed E-state index contributed by atoms with van der Waals surface area (Å²) in [6, 6.07) is 9.05. The Morgan fingerprint density at radius 3 is 2.16 bits per heavy atom. The van der Waals surface area contributed by atoms with Crippen molar-refractivity contribution in [1.29, 1.82) is 0 Å². The highest BCUT2D eigenvalue weighted by atomic mass is 14.9. The van der Waals surface area contributed by atoms with Crippen molar-refractivity contribution in [2.45, 2.75) is 46.5 Å². The van der Waals surface area contributed by atoms with Crippen molar-refractivity contribution < 1.29 is 0 Å². The summed E-state index contributed by atoms with van der Waals surface area (Å²) in [4.78, 5) is 0. The van der Waals surface area contributed by atoms with Crippen LogP contribution in [0.25, 0.3) is 0 Å². The fourth-order valence-corrected chi connectivity index (χ4v) is 2.30. The van der Waals surface area contributed by atoms with Gasteiger partial charge in [-0.1, -0.05) is 51.5 Å². The quantitative estimate of drug-likeness (QED) is 0.671. The van der Waals surface area contributed by atoms with E-state index in [1.54, 1.807) is 0 Å².